The van der Waals surface area contributed by atoms with Gasteiger partial charge in [-0.3, -0.25) is 4.90 Å². The van der Waals surface area contributed by atoms with Crippen LogP contribution in [0, 0.1) is 0 Å². The highest BCUT2D eigenvalue weighted by Crippen LogP contribution is 2.41. The lowest BCUT2D eigenvalue weighted by molar-refractivity contribution is 0.190. The van der Waals surface area contributed by atoms with E-state index in [4.69, 9.17) is 14.2 Å². The molecule has 2 heterocycles. The van der Waals surface area contributed by atoms with Crippen LogP contribution in [0.5, 0.6) is 17.2 Å². The van der Waals surface area contributed by atoms with Crippen LogP contribution >= 0.6 is 11.3 Å². The Kier molecular flexibility index (Phi) is 7.63. The first-order valence-electron chi connectivity index (χ1n) is 10.9. The number of hydrogen-bond donors (Lipinski definition) is 1. The summed E-state index contributed by atoms with van der Waals surface area (Å²) in [5.74, 6) is 2.08. The van der Waals surface area contributed by atoms with E-state index in [0.29, 0.717) is 17.5 Å². The zero-order valence-electron chi connectivity index (χ0n) is 19.0. The van der Waals surface area contributed by atoms with Crippen LogP contribution in [0.2, 0.25) is 0 Å². The van der Waals surface area contributed by atoms with E-state index in [1.807, 2.05) is 18.3 Å². The van der Waals surface area contributed by atoms with Crippen molar-refractivity contribution in [2.75, 3.05) is 34.4 Å². The first-order chi connectivity index (χ1) is 15.7. The van der Waals surface area contributed by atoms with Gasteiger partial charge in [-0.1, -0.05) is 30.3 Å². The normalized spacial score (nSPS) is 15.0. The lowest BCUT2D eigenvalue weighted by Crippen LogP contribution is -2.41. The molecule has 0 amide bonds. The van der Waals surface area contributed by atoms with Crippen LogP contribution in [0.4, 0.5) is 0 Å². The van der Waals surface area contributed by atoms with Gasteiger partial charge in [0, 0.05) is 37.0 Å². The molecule has 0 radical (unpaired) electrons. The Morgan fingerprint density at radius 3 is 2.34 bits per heavy atom. The maximum atomic E-state index is 5.58. The molecule has 4 rings (SSSR count). The van der Waals surface area contributed by atoms with E-state index in [1.54, 1.807) is 32.7 Å². The summed E-state index contributed by atoms with van der Waals surface area (Å²) in [6.07, 6.45) is 4.23. The fourth-order valence-electron chi connectivity index (χ4n) is 4.11. The average molecular weight is 454 g/mol. The highest BCUT2D eigenvalue weighted by molar-refractivity contribution is 7.15. The quantitative estimate of drug-likeness (QED) is 0.511. The van der Waals surface area contributed by atoms with Crippen LogP contribution in [-0.2, 0) is 13.1 Å². The second-order valence-corrected chi connectivity index (χ2v) is 9.06. The number of hydrogen-bond acceptors (Lipinski definition) is 7. The molecule has 0 spiro atoms. The highest BCUT2D eigenvalue weighted by Gasteiger charge is 2.20. The van der Waals surface area contributed by atoms with Crippen molar-refractivity contribution >= 4 is 11.3 Å². The zero-order valence-corrected chi connectivity index (χ0v) is 19.8. The number of ether oxygens (including phenoxy) is 3. The fourth-order valence-corrected chi connectivity index (χ4v) is 5.00. The third kappa shape index (κ3) is 5.41. The Labute approximate surface area is 194 Å². The molecule has 7 heteroatoms. The molecule has 170 valence electrons. The van der Waals surface area contributed by atoms with E-state index >= 15 is 0 Å². The Morgan fingerprint density at radius 1 is 0.969 bits per heavy atom. The van der Waals surface area contributed by atoms with Crippen molar-refractivity contribution in [1.29, 1.82) is 0 Å². The molecule has 1 aliphatic rings. The van der Waals surface area contributed by atoms with E-state index in [-0.39, 0.29) is 0 Å². The molecule has 1 saturated heterocycles. The van der Waals surface area contributed by atoms with Crippen LogP contribution in [0.15, 0.2) is 48.7 Å². The van der Waals surface area contributed by atoms with Crippen molar-refractivity contribution in [1.82, 2.24) is 15.2 Å². The highest BCUT2D eigenvalue weighted by atomic mass is 32.1. The third-order valence-electron chi connectivity index (χ3n) is 5.90. The van der Waals surface area contributed by atoms with E-state index < -0.39 is 0 Å². The summed E-state index contributed by atoms with van der Waals surface area (Å²) in [6.45, 7) is 4.07. The number of thiazole rings is 1. The molecular formula is C25H31N3O3S. The molecule has 0 unspecified atom stereocenters. The molecule has 0 atom stereocenters. The SMILES string of the molecule is COc1cc(OC)c(-c2cnc(CNC3CCN(Cc4ccccc4)CC3)s2)cc1OC. The first kappa shape index (κ1) is 22.6. The predicted molar refractivity (Wildman–Crippen MR) is 129 cm³/mol. The van der Waals surface area contributed by atoms with Gasteiger partial charge in [0.1, 0.15) is 10.8 Å². The maximum Gasteiger partial charge on any atom is 0.164 e. The van der Waals surface area contributed by atoms with E-state index in [0.717, 1.165) is 60.2 Å². The van der Waals surface area contributed by atoms with Gasteiger partial charge in [-0.15, -0.1) is 11.3 Å². The monoisotopic (exact) mass is 453 g/mol. The Bertz CT molecular complexity index is 1000. The molecular weight excluding hydrogens is 422 g/mol. The van der Waals surface area contributed by atoms with Crippen molar-refractivity contribution in [3.8, 4) is 27.7 Å². The van der Waals surface area contributed by atoms with Crippen molar-refractivity contribution in [3.63, 3.8) is 0 Å². The zero-order chi connectivity index (χ0) is 22.3. The van der Waals surface area contributed by atoms with E-state index in [9.17, 15) is 0 Å². The number of likely N-dealkylation sites (tertiary alicyclic amines) is 1. The predicted octanol–water partition coefficient (Wildman–Crippen LogP) is 4.59. The number of aromatic nitrogens is 1. The Morgan fingerprint density at radius 2 is 1.66 bits per heavy atom. The van der Waals surface area contributed by atoms with Gasteiger partial charge < -0.3 is 19.5 Å². The number of rotatable bonds is 9. The molecule has 1 aromatic heterocycles. The van der Waals surface area contributed by atoms with E-state index in [1.165, 1.54) is 5.56 Å². The Balaban J connectivity index is 1.33. The summed E-state index contributed by atoms with van der Waals surface area (Å²) < 4.78 is 16.4. The fraction of sp³-hybridized carbons (Fsp3) is 0.400. The topological polar surface area (TPSA) is 55.9 Å². The first-order valence-corrected chi connectivity index (χ1v) is 11.8. The molecule has 2 aromatic carbocycles. The molecule has 1 fully saturated rings. The molecule has 1 aliphatic heterocycles. The number of nitrogens with one attached hydrogen (secondary N) is 1. The Hall–Kier alpha value is -2.61. The number of benzene rings is 2. The standard InChI is InChI=1S/C25H31N3O3S/c1-29-21-14-23(31-3)22(30-2)13-20(21)24-15-27-25(32-24)16-26-19-9-11-28(12-10-19)17-18-7-5-4-6-8-18/h4-8,13-15,19,26H,9-12,16-17H2,1-3H3. The minimum Gasteiger partial charge on any atom is -0.496 e. The van der Waals surface area contributed by atoms with Gasteiger partial charge in [0.05, 0.1) is 26.2 Å². The van der Waals surface area contributed by atoms with Crippen LogP contribution in [0.25, 0.3) is 10.4 Å². The second-order valence-electron chi connectivity index (χ2n) is 7.94. The van der Waals surface area contributed by atoms with Gasteiger partial charge in [0.15, 0.2) is 11.5 Å². The average Bonchev–Trinajstić information content (AvgIpc) is 3.32. The third-order valence-corrected chi connectivity index (χ3v) is 6.93. The van der Waals surface area contributed by atoms with Crippen LogP contribution in [0.3, 0.4) is 0 Å². The van der Waals surface area contributed by atoms with Crippen molar-refractivity contribution < 1.29 is 14.2 Å². The summed E-state index contributed by atoms with van der Waals surface area (Å²) in [4.78, 5) is 8.23. The second kappa shape index (κ2) is 10.8. The summed E-state index contributed by atoms with van der Waals surface area (Å²) >= 11 is 1.68. The summed E-state index contributed by atoms with van der Waals surface area (Å²) in [7, 11) is 4.93. The minimum atomic E-state index is 0.532. The number of methoxy groups -OCH3 is 3. The van der Waals surface area contributed by atoms with Crippen LogP contribution in [0.1, 0.15) is 23.4 Å². The van der Waals surface area contributed by atoms with Crippen molar-refractivity contribution in [2.24, 2.45) is 0 Å². The lowest BCUT2D eigenvalue weighted by atomic mass is 10.0. The van der Waals surface area contributed by atoms with Gasteiger partial charge in [-0.25, -0.2) is 4.98 Å². The van der Waals surface area contributed by atoms with E-state index in [2.05, 4.69) is 45.5 Å². The summed E-state index contributed by atoms with van der Waals surface area (Å²) in [6, 6.07) is 15.1. The molecule has 3 aromatic rings. The van der Waals surface area contributed by atoms with Gasteiger partial charge in [0.25, 0.3) is 0 Å². The van der Waals surface area contributed by atoms with Crippen molar-refractivity contribution in [2.45, 2.75) is 32.0 Å². The van der Waals surface area contributed by atoms with Crippen LogP contribution in [-0.4, -0.2) is 50.3 Å². The lowest BCUT2D eigenvalue weighted by Gasteiger charge is -2.32. The largest absolute Gasteiger partial charge is 0.496 e. The minimum absolute atomic E-state index is 0.532. The van der Waals surface area contributed by atoms with Gasteiger partial charge >= 0.3 is 0 Å². The van der Waals surface area contributed by atoms with Gasteiger partial charge in [-0.2, -0.15) is 0 Å². The van der Waals surface area contributed by atoms with Gasteiger partial charge in [0.2, 0.25) is 0 Å². The maximum absolute atomic E-state index is 5.58. The number of piperidine rings is 1. The molecule has 6 nitrogen and oxygen atoms in total. The molecule has 0 aliphatic carbocycles. The molecule has 0 bridgehead atoms. The van der Waals surface area contributed by atoms with Crippen LogP contribution < -0.4 is 19.5 Å². The molecule has 1 N–H and O–H groups in total. The summed E-state index contributed by atoms with van der Waals surface area (Å²) in [5, 5.41) is 4.77. The molecule has 0 saturated carbocycles. The summed E-state index contributed by atoms with van der Waals surface area (Å²) in [5.41, 5.74) is 2.35. The molecule has 32 heavy (non-hydrogen) atoms. The smallest absolute Gasteiger partial charge is 0.164 e. The van der Waals surface area contributed by atoms with Gasteiger partial charge in [-0.05, 0) is 37.6 Å². The van der Waals surface area contributed by atoms with Crippen molar-refractivity contribution in [3.05, 3.63) is 59.2 Å². The number of nitrogens with zero attached hydrogens (tertiary/aromatic N) is 2.